The highest BCUT2D eigenvalue weighted by molar-refractivity contribution is 5.82. The van der Waals surface area contributed by atoms with Crippen molar-refractivity contribution in [1.82, 2.24) is 0 Å². The predicted octanol–water partition coefficient (Wildman–Crippen LogP) is 2.95. The van der Waals surface area contributed by atoms with Crippen LogP contribution in [0.2, 0.25) is 0 Å². The molecule has 3 aliphatic carbocycles. The van der Waals surface area contributed by atoms with E-state index in [2.05, 4.69) is 13.2 Å². The van der Waals surface area contributed by atoms with Crippen molar-refractivity contribution in [3.05, 3.63) is 25.3 Å². The summed E-state index contributed by atoms with van der Waals surface area (Å²) in [4.78, 5) is 24.0. The summed E-state index contributed by atoms with van der Waals surface area (Å²) in [5, 5.41) is 19.7. The quantitative estimate of drug-likeness (QED) is 0.457. The molecule has 2 N–H and O–H groups in total. The van der Waals surface area contributed by atoms with Crippen LogP contribution in [0.3, 0.4) is 0 Å². The number of carbonyl (C=O) groups is 2. The number of aliphatic carboxylic acids is 2. The van der Waals surface area contributed by atoms with Gasteiger partial charge in [0.25, 0.3) is 0 Å². The molecule has 3 aliphatic rings. The molecule has 6 unspecified atom stereocenters. The average Bonchev–Trinajstić information content (AvgIpc) is 3.26. The number of carboxylic acid groups (broad SMARTS) is 2. The Hall–Kier alpha value is -1.66. The molecule has 3 saturated carbocycles. The van der Waals surface area contributed by atoms with Crippen molar-refractivity contribution in [2.75, 3.05) is 13.2 Å². The smallest absolute Gasteiger partial charge is 0.307 e. The zero-order chi connectivity index (χ0) is 18.9. The van der Waals surface area contributed by atoms with Crippen LogP contribution in [0.25, 0.3) is 0 Å². The molecule has 6 atom stereocenters. The summed E-state index contributed by atoms with van der Waals surface area (Å²) < 4.78 is 11.5. The molecule has 0 heterocycles. The van der Waals surface area contributed by atoms with E-state index in [0.717, 1.165) is 19.3 Å². The molecule has 6 heteroatoms. The molecule has 0 radical (unpaired) electrons. The molecule has 3 fully saturated rings. The molecule has 3 rings (SSSR count). The molecule has 0 spiro atoms. The SMILES string of the molecule is C=CCOC(CC12CC(C3CCCC31)C(C(=O)O)C2C(=O)O)OCC=C. The minimum Gasteiger partial charge on any atom is -0.481 e. The highest BCUT2D eigenvalue weighted by atomic mass is 16.7. The van der Waals surface area contributed by atoms with Crippen LogP contribution in [0.15, 0.2) is 25.3 Å². The Labute approximate surface area is 153 Å². The van der Waals surface area contributed by atoms with E-state index in [1.165, 1.54) is 0 Å². The van der Waals surface area contributed by atoms with Gasteiger partial charge in [0.1, 0.15) is 0 Å². The number of fused-ring (bicyclic) bond motifs is 5. The molecule has 26 heavy (non-hydrogen) atoms. The Kier molecular flexibility index (Phi) is 5.53. The third-order valence-corrected chi connectivity index (χ3v) is 6.81. The molecule has 0 saturated heterocycles. The average molecular weight is 364 g/mol. The lowest BCUT2D eigenvalue weighted by Gasteiger charge is -2.44. The summed E-state index contributed by atoms with van der Waals surface area (Å²) in [7, 11) is 0. The van der Waals surface area contributed by atoms with Crippen LogP contribution >= 0.6 is 0 Å². The van der Waals surface area contributed by atoms with Gasteiger partial charge in [-0.15, -0.1) is 13.2 Å². The van der Waals surface area contributed by atoms with Crippen molar-refractivity contribution in [3.8, 4) is 0 Å². The van der Waals surface area contributed by atoms with Crippen molar-refractivity contribution in [1.29, 1.82) is 0 Å². The number of hydrogen-bond donors (Lipinski definition) is 2. The summed E-state index contributed by atoms with van der Waals surface area (Å²) in [5.41, 5.74) is -0.576. The van der Waals surface area contributed by atoms with E-state index in [0.29, 0.717) is 32.0 Å². The molecule has 144 valence electrons. The van der Waals surface area contributed by atoms with Crippen LogP contribution in [0.1, 0.15) is 32.1 Å². The van der Waals surface area contributed by atoms with Crippen molar-refractivity contribution in [2.45, 2.75) is 38.4 Å². The summed E-state index contributed by atoms with van der Waals surface area (Å²) in [6.45, 7) is 7.90. The van der Waals surface area contributed by atoms with Crippen molar-refractivity contribution in [2.24, 2.45) is 35.0 Å². The van der Waals surface area contributed by atoms with E-state index in [1.807, 2.05) is 0 Å². The summed E-state index contributed by atoms with van der Waals surface area (Å²) in [5.74, 6) is -3.18. The fourth-order valence-electron chi connectivity index (χ4n) is 6.23. The largest absolute Gasteiger partial charge is 0.481 e. The van der Waals surface area contributed by atoms with Gasteiger partial charge in [-0.1, -0.05) is 18.6 Å². The van der Waals surface area contributed by atoms with Crippen LogP contribution in [-0.4, -0.2) is 41.7 Å². The maximum Gasteiger partial charge on any atom is 0.307 e. The Balaban J connectivity index is 1.93. The normalized spacial score (nSPS) is 37.7. The first-order valence-electron chi connectivity index (χ1n) is 9.37. The van der Waals surface area contributed by atoms with Gasteiger partial charge in [-0.05, 0) is 42.4 Å². The second kappa shape index (κ2) is 7.53. The van der Waals surface area contributed by atoms with Crippen LogP contribution in [0.5, 0.6) is 0 Å². The maximum absolute atomic E-state index is 12.1. The lowest BCUT2D eigenvalue weighted by atomic mass is 9.60. The van der Waals surface area contributed by atoms with Gasteiger partial charge in [-0.2, -0.15) is 0 Å². The molecule has 0 aromatic rings. The van der Waals surface area contributed by atoms with Gasteiger partial charge in [0, 0.05) is 6.42 Å². The van der Waals surface area contributed by atoms with Crippen molar-refractivity contribution < 1.29 is 29.3 Å². The van der Waals surface area contributed by atoms with Gasteiger partial charge in [0.05, 0.1) is 25.0 Å². The Morgan fingerprint density at radius 1 is 1.08 bits per heavy atom. The predicted molar refractivity (Wildman–Crippen MR) is 94.3 cm³/mol. The van der Waals surface area contributed by atoms with Crippen molar-refractivity contribution in [3.63, 3.8) is 0 Å². The minimum atomic E-state index is -1.00. The van der Waals surface area contributed by atoms with E-state index >= 15 is 0 Å². The molecule has 0 aromatic carbocycles. The highest BCUT2D eigenvalue weighted by Gasteiger charge is 2.71. The fourth-order valence-corrected chi connectivity index (χ4v) is 6.23. The molecule has 0 amide bonds. The van der Waals surface area contributed by atoms with Gasteiger partial charge in [0.2, 0.25) is 0 Å². The lowest BCUT2D eigenvalue weighted by molar-refractivity contribution is -0.178. The van der Waals surface area contributed by atoms with Crippen LogP contribution in [-0.2, 0) is 19.1 Å². The van der Waals surface area contributed by atoms with E-state index in [1.54, 1.807) is 12.2 Å². The third-order valence-electron chi connectivity index (χ3n) is 6.81. The first kappa shape index (κ1) is 19.1. The Morgan fingerprint density at radius 2 is 1.73 bits per heavy atom. The second-order valence-corrected chi connectivity index (χ2v) is 7.86. The highest BCUT2D eigenvalue weighted by Crippen LogP contribution is 2.71. The van der Waals surface area contributed by atoms with Gasteiger partial charge in [0.15, 0.2) is 6.29 Å². The Morgan fingerprint density at radius 3 is 2.27 bits per heavy atom. The van der Waals surface area contributed by atoms with Crippen LogP contribution in [0.4, 0.5) is 0 Å². The maximum atomic E-state index is 12.1. The fraction of sp³-hybridized carbons (Fsp3) is 0.700. The van der Waals surface area contributed by atoms with Crippen LogP contribution < -0.4 is 0 Å². The number of carboxylic acids is 2. The zero-order valence-corrected chi connectivity index (χ0v) is 15.0. The summed E-state index contributed by atoms with van der Waals surface area (Å²) in [6.07, 6.45) is 6.72. The number of hydrogen-bond acceptors (Lipinski definition) is 4. The number of ether oxygens (including phenoxy) is 2. The first-order chi connectivity index (χ1) is 12.5. The molecule has 2 bridgehead atoms. The minimum absolute atomic E-state index is 0.0550. The van der Waals surface area contributed by atoms with Gasteiger partial charge in [-0.25, -0.2) is 0 Å². The summed E-state index contributed by atoms with van der Waals surface area (Å²) in [6, 6.07) is 0. The molecular formula is C20H28O6. The van der Waals surface area contributed by atoms with Crippen LogP contribution in [0, 0.1) is 35.0 Å². The van der Waals surface area contributed by atoms with E-state index < -0.39 is 35.5 Å². The van der Waals surface area contributed by atoms with Gasteiger partial charge in [-0.3, -0.25) is 9.59 Å². The lowest BCUT2D eigenvalue weighted by Crippen LogP contribution is -2.48. The monoisotopic (exact) mass is 364 g/mol. The molecular weight excluding hydrogens is 336 g/mol. The topological polar surface area (TPSA) is 93.1 Å². The molecule has 0 aliphatic heterocycles. The standard InChI is InChI=1S/C20H28O6/c1-3-8-25-15(26-9-4-2)11-20-10-13(12-6-5-7-14(12)20)16(18(21)22)17(20)19(23)24/h3-4,12-17H,1-2,5-11H2,(H,21,22)(H,23,24). The van der Waals surface area contributed by atoms with Crippen molar-refractivity contribution >= 4 is 11.9 Å². The molecule has 0 aromatic heterocycles. The van der Waals surface area contributed by atoms with E-state index in [9.17, 15) is 19.8 Å². The van der Waals surface area contributed by atoms with Gasteiger partial charge >= 0.3 is 11.9 Å². The van der Waals surface area contributed by atoms with E-state index in [-0.39, 0.29) is 11.8 Å². The zero-order valence-electron chi connectivity index (χ0n) is 15.0. The number of rotatable bonds is 10. The molecule has 6 nitrogen and oxygen atoms in total. The first-order valence-corrected chi connectivity index (χ1v) is 9.37. The summed E-state index contributed by atoms with van der Waals surface area (Å²) >= 11 is 0. The second-order valence-electron chi connectivity index (χ2n) is 7.86. The van der Waals surface area contributed by atoms with Gasteiger partial charge < -0.3 is 19.7 Å². The Bertz CT molecular complexity index is 575. The third kappa shape index (κ3) is 2.99. The van der Waals surface area contributed by atoms with E-state index in [4.69, 9.17) is 9.47 Å².